The Morgan fingerprint density at radius 2 is 2.00 bits per heavy atom. The summed E-state index contributed by atoms with van der Waals surface area (Å²) in [4.78, 5) is 10.7. The second kappa shape index (κ2) is 8.48. The molecule has 1 rings (SSSR count). The van der Waals surface area contributed by atoms with Gasteiger partial charge in [-0.05, 0) is 50.5 Å². The molecule has 0 amide bonds. The zero-order valence-corrected chi connectivity index (χ0v) is 11.9. The van der Waals surface area contributed by atoms with E-state index in [4.69, 9.17) is 9.47 Å². The van der Waals surface area contributed by atoms with Crippen molar-refractivity contribution in [2.24, 2.45) is 0 Å². The van der Waals surface area contributed by atoms with E-state index in [0.717, 1.165) is 24.2 Å². The Morgan fingerprint density at radius 3 is 2.58 bits per heavy atom. The van der Waals surface area contributed by atoms with Crippen LogP contribution in [-0.4, -0.2) is 19.0 Å². The van der Waals surface area contributed by atoms with Crippen LogP contribution in [0.15, 0.2) is 36.4 Å². The van der Waals surface area contributed by atoms with Gasteiger partial charge in [0, 0.05) is 0 Å². The van der Waals surface area contributed by atoms with E-state index in [9.17, 15) is 4.79 Å². The molecular weight excluding hydrogens is 240 g/mol. The van der Waals surface area contributed by atoms with Crippen molar-refractivity contribution in [3.8, 4) is 5.75 Å². The summed E-state index contributed by atoms with van der Waals surface area (Å²) in [6.45, 7) is 4.20. The number of hydrogen-bond acceptors (Lipinski definition) is 3. The minimum Gasteiger partial charge on any atom is -0.497 e. The predicted octanol–water partition coefficient (Wildman–Crippen LogP) is 3.53. The molecule has 0 unspecified atom stereocenters. The molecule has 0 aliphatic carbocycles. The summed E-state index contributed by atoms with van der Waals surface area (Å²) < 4.78 is 10.9. The lowest BCUT2D eigenvalue weighted by Crippen LogP contribution is -2.07. The van der Waals surface area contributed by atoms with Crippen LogP contribution in [0, 0.1) is 0 Å². The second-order valence-corrected chi connectivity index (χ2v) is 4.56. The Morgan fingerprint density at radius 1 is 1.32 bits per heavy atom. The van der Waals surface area contributed by atoms with Gasteiger partial charge in [0.2, 0.25) is 0 Å². The third-order valence-electron chi connectivity index (χ3n) is 2.79. The average Bonchev–Trinajstić information content (AvgIpc) is 2.41. The molecule has 3 heteroatoms. The van der Waals surface area contributed by atoms with Gasteiger partial charge in [-0.25, -0.2) is 0 Å². The van der Waals surface area contributed by atoms with E-state index in [1.54, 1.807) is 20.1 Å². The molecule has 19 heavy (non-hydrogen) atoms. The van der Waals surface area contributed by atoms with Crippen molar-refractivity contribution in [2.45, 2.75) is 39.4 Å². The molecule has 0 bridgehead atoms. The first kappa shape index (κ1) is 15.4. The minimum atomic E-state index is 0.0896. The predicted molar refractivity (Wildman–Crippen MR) is 76.3 cm³/mol. The smallest absolute Gasteiger partial charge is 0.152 e. The molecule has 1 aromatic rings. The van der Waals surface area contributed by atoms with Gasteiger partial charge in [0.15, 0.2) is 5.78 Å². The molecular formula is C16H22O3. The summed E-state index contributed by atoms with van der Waals surface area (Å²) in [5, 5.41) is 0. The van der Waals surface area contributed by atoms with Crippen LogP contribution >= 0.6 is 0 Å². The zero-order chi connectivity index (χ0) is 14.1. The molecule has 104 valence electrons. The highest BCUT2D eigenvalue weighted by Crippen LogP contribution is 2.13. The first-order chi connectivity index (χ1) is 9.11. The van der Waals surface area contributed by atoms with Gasteiger partial charge in [0.05, 0.1) is 19.8 Å². The molecule has 0 radical (unpaired) electrons. The second-order valence-electron chi connectivity index (χ2n) is 4.56. The van der Waals surface area contributed by atoms with Crippen LogP contribution in [0.3, 0.4) is 0 Å². The van der Waals surface area contributed by atoms with E-state index >= 15 is 0 Å². The van der Waals surface area contributed by atoms with E-state index < -0.39 is 0 Å². The third kappa shape index (κ3) is 6.77. The van der Waals surface area contributed by atoms with Crippen molar-refractivity contribution < 1.29 is 14.3 Å². The van der Waals surface area contributed by atoms with Gasteiger partial charge in [-0.3, -0.25) is 4.79 Å². The lowest BCUT2D eigenvalue weighted by Gasteiger charge is -2.12. The monoisotopic (exact) mass is 262 g/mol. The van der Waals surface area contributed by atoms with E-state index in [-0.39, 0.29) is 11.9 Å². The Balaban J connectivity index is 2.25. The van der Waals surface area contributed by atoms with Gasteiger partial charge in [-0.15, -0.1) is 0 Å². The minimum absolute atomic E-state index is 0.0896. The Hall–Kier alpha value is -1.61. The molecule has 0 aromatic heterocycles. The van der Waals surface area contributed by atoms with E-state index in [2.05, 4.69) is 0 Å². The fourth-order valence-corrected chi connectivity index (χ4v) is 1.62. The molecule has 0 N–H and O–H groups in total. The zero-order valence-electron chi connectivity index (χ0n) is 11.9. The van der Waals surface area contributed by atoms with Crippen LogP contribution in [0.4, 0.5) is 0 Å². The van der Waals surface area contributed by atoms with E-state index in [1.165, 1.54) is 0 Å². The number of ketones is 1. The summed E-state index contributed by atoms with van der Waals surface area (Å²) in [5.41, 5.74) is 1.13. The molecule has 0 heterocycles. The van der Waals surface area contributed by atoms with E-state index in [0.29, 0.717) is 6.61 Å². The number of ether oxygens (including phenoxy) is 2. The van der Waals surface area contributed by atoms with Crippen molar-refractivity contribution in [1.82, 2.24) is 0 Å². The number of carbonyl (C=O) groups is 1. The molecule has 0 aliphatic heterocycles. The largest absolute Gasteiger partial charge is 0.497 e. The molecule has 0 aliphatic rings. The van der Waals surface area contributed by atoms with Crippen molar-refractivity contribution in [1.29, 1.82) is 0 Å². The highest BCUT2D eigenvalue weighted by molar-refractivity contribution is 5.87. The topological polar surface area (TPSA) is 35.5 Å². The standard InChI is InChI=1S/C16H22O3/c1-13(17)6-4-5-7-14(2)19-12-15-8-10-16(18-3)11-9-15/h4,6,8-11,14H,5,7,12H2,1-3H3/b6-4+/t14-/m0/s1. The number of carbonyl (C=O) groups excluding carboxylic acids is 1. The maximum atomic E-state index is 10.7. The maximum Gasteiger partial charge on any atom is 0.152 e. The van der Waals surface area contributed by atoms with Crippen molar-refractivity contribution >= 4 is 5.78 Å². The molecule has 0 spiro atoms. The fraction of sp³-hybridized carbons (Fsp3) is 0.438. The van der Waals surface area contributed by atoms with Gasteiger partial charge in [-0.2, -0.15) is 0 Å². The lowest BCUT2D eigenvalue weighted by molar-refractivity contribution is -0.112. The molecule has 1 aromatic carbocycles. The number of methoxy groups -OCH3 is 1. The summed E-state index contributed by atoms with van der Waals surface area (Å²) in [6, 6.07) is 7.86. The van der Waals surface area contributed by atoms with Crippen LogP contribution in [0.25, 0.3) is 0 Å². The van der Waals surface area contributed by atoms with Crippen LogP contribution in [-0.2, 0) is 16.1 Å². The van der Waals surface area contributed by atoms with Crippen LogP contribution < -0.4 is 4.74 Å². The fourth-order valence-electron chi connectivity index (χ4n) is 1.62. The van der Waals surface area contributed by atoms with Crippen LogP contribution in [0.5, 0.6) is 5.75 Å². The third-order valence-corrected chi connectivity index (χ3v) is 2.79. The molecule has 0 saturated heterocycles. The molecule has 0 fully saturated rings. The Kier molecular flexibility index (Phi) is 6.90. The van der Waals surface area contributed by atoms with E-state index in [1.807, 2.05) is 37.3 Å². The van der Waals surface area contributed by atoms with Gasteiger partial charge in [0.25, 0.3) is 0 Å². The summed E-state index contributed by atoms with van der Waals surface area (Å²) >= 11 is 0. The number of allylic oxidation sites excluding steroid dienone is 2. The van der Waals surface area contributed by atoms with Gasteiger partial charge < -0.3 is 9.47 Å². The van der Waals surface area contributed by atoms with Crippen LogP contribution in [0.2, 0.25) is 0 Å². The maximum absolute atomic E-state index is 10.7. The Bertz CT molecular complexity index is 407. The summed E-state index contributed by atoms with van der Waals surface area (Å²) in [5.74, 6) is 0.943. The van der Waals surface area contributed by atoms with Crippen molar-refractivity contribution in [2.75, 3.05) is 7.11 Å². The Labute approximate surface area is 115 Å². The first-order valence-corrected chi connectivity index (χ1v) is 6.53. The first-order valence-electron chi connectivity index (χ1n) is 6.53. The van der Waals surface area contributed by atoms with Crippen molar-refractivity contribution in [3.63, 3.8) is 0 Å². The highest BCUT2D eigenvalue weighted by atomic mass is 16.5. The van der Waals surface area contributed by atoms with Crippen LogP contribution in [0.1, 0.15) is 32.3 Å². The number of benzene rings is 1. The molecule has 3 nitrogen and oxygen atoms in total. The SMILES string of the molecule is COc1ccc(CO[C@@H](C)CC/C=C/C(C)=O)cc1. The molecule has 1 atom stereocenters. The normalized spacial score (nSPS) is 12.6. The van der Waals surface area contributed by atoms with Crippen molar-refractivity contribution in [3.05, 3.63) is 42.0 Å². The van der Waals surface area contributed by atoms with Gasteiger partial charge >= 0.3 is 0 Å². The van der Waals surface area contributed by atoms with Gasteiger partial charge in [0.1, 0.15) is 5.75 Å². The van der Waals surface area contributed by atoms with Gasteiger partial charge in [-0.1, -0.05) is 18.2 Å². The lowest BCUT2D eigenvalue weighted by atomic mass is 10.2. The quantitative estimate of drug-likeness (QED) is 0.672. The highest BCUT2D eigenvalue weighted by Gasteiger charge is 2.02. The number of rotatable bonds is 8. The summed E-state index contributed by atoms with van der Waals surface area (Å²) in [6.07, 6.45) is 5.47. The number of hydrogen-bond donors (Lipinski definition) is 0. The average molecular weight is 262 g/mol. The summed E-state index contributed by atoms with van der Waals surface area (Å²) in [7, 11) is 1.65. The molecule has 0 saturated carbocycles.